The molecule has 2 N–H and O–H groups in total. The fourth-order valence-electron chi connectivity index (χ4n) is 1.88. The van der Waals surface area contributed by atoms with Gasteiger partial charge in [0.25, 0.3) is 0 Å². The van der Waals surface area contributed by atoms with Crippen LogP contribution in [0.3, 0.4) is 0 Å². The van der Waals surface area contributed by atoms with E-state index in [0.717, 1.165) is 5.69 Å². The lowest BCUT2D eigenvalue weighted by molar-refractivity contribution is 0.631. The minimum Gasteiger partial charge on any atom is -0.328 e. The summed E-state index contributed by atoms with van der Waals surface area (Å²) >= 11 is 0. The predicted octanol–water partition coefficient (Wildman–Crippen LogP) is 1.84. The van der Waals surface area contributed by atoms with E-state index in [1.54, 1.807) is 0 Å². The zero-order valence-electron chi connectivity index (χ0n) is 8.20. The Morgan fingerprint density at radius 3 is 2.77 bits per heavy atom. The predicted molar refractivity (Wildman–Crippen MR) is 53.5 cm³/mol. The van der Waals surface area contributed by atoms with E-state index in [1.807, 2.05) is 13.1 Å². The van der Waals surface area contributed by atoms with Gasteiger partial charge in [-0.1, -0.05) is 6.07 Å². The smallest absolute Gasteiger partial charge is 0.0372 e. The van der Waals surface area contributed by atoms with Gasteiger partial charge in [-0.05, 0) is 43.7 Å². The fourth-order valence-corrected chi connectivity index (χ4v) is 1.88. The molecule has 1 saturated carbocycles. The van der Waals surface area contributed by atoms with Crippen molar-refractivity contribution in [2.24, 2.45) is 11.7 Å². The minimum absolute atomic E-state index is 0.325. The monoisotopic (exact) mass is 176 g/mol. The molecule has 1 heterocycles. The van der Waals surface area contributed by atoms with Gasteiger partial charge in [0.15, 0.2) is 0 Å². The topological polar surface area (TPSA) is 38.9 Å². The maximum Gasteiger partial charge on any atom is 0.0372 e. The van der Waals surface area contributed by atoms with Crippen molar-refractivity contribution < 1.29 is 0 Å². The molecule has 0 aromatic carbocycles. The lowest BCUT2D eigenvalue weighted by Crippen LogP contribution is -2.17. The summed E-state index contributed by atoms with van der Waals surface area (Å²) in [5.41, 5.74) is 8.27. The Morgan fingerprint density at radius 2 is 2.31 bits per heavy atom. The highest BCUT2D eigenvalue weighted by Crippen LogP contribution is 2.48. The highest BCUT2D eigenvalue weighted by molar-refractivity contribution is 5.24. The van der Waals surface area contributed by atoms with Crippen LogP contribution in [0.2, 0.25) is 0 Å². The number of nitrogens with zero attached hydrogens (tertiary/aromatic N) is 1. The summed E-state index contributed by atoms with van der Waals surface area (Å²) in [5.74, 6) is 1.36. The van der Waals surface area contributed by atoms with E-state index in [1.165, 1.54) is 12.0 Å². The van der Waals surface area contributed by atoms with Crippen LogP contribution in [0, 0.1) is 12.8 Å². The van der Waals surface area contributed by atoms with Gasteiger partial charge in [-0.3, -0.25) is 4.98 Å². The highest BCUT2D eigenvalue weighted by atomic mass is 14.7. The number of rotatable bonds is 2. The lowest BCUT2D eigenvalue weighted by Gasteiger charge is -2.03. The van der Waals surface area contributed by atoms with Gasteiger partial charge in [-0.2, -0.15) is 0 Å². The van der Waals surface area contributed by atoms with E-state index < -0.39 is 0 Å². The summed E-state index contributed by atoms with van der Waals surface area (Å²) < 4.78 is 0. The van der Waals surface area contributed by atoms with Crippen molar-refractivity contribution in [1.29, 1.82) is 0 Å². The third-order valence-corrected chi connectivity index (χ3v) is 2.88. The molecule has 2 nitrogen and oxygen atoms in total. The second kappa shape index (κ2) is 3.11. The van der Waals surface area contributed by atoms with Crippen LogP contribution in [0.15, 0.2) is 18.3 Å². The van der Waals surface area contributed by atoms with Crippen LogP contribution in [0.5, 0.6) is 0 Å². The molecular formula is C11H16N2. The minimum atomic E-state index is 0.325. The Labute approximate surface area is 79.2 Å². The second-order valence-corrected chi connectivity index (χ2v) is 4.10. The van der Waals surface area contributed by atoms with Gasteiger partial charge in [-0.15, -0.1) is 0 Å². The maximum absolute atomic E-state index is 5.83. The Morgan fingerprint density at radius 1 is 1.54 bits per heavy atom. The molecule has 0 bridgehead atoms. The van der Waals surface area contributed by atoms with Crippen LogP contribution < -0.4 is 5.73 Å². The Balaban J connectivity index is 2.08. The van der Waals surface area contributed by atoms with Crippen molar-refractivity contribution in [1.82, 2.24) is 4.98 Å². The third-order valence-electron chi connectivity index (χ3n) is 2.88. The summed E-state index contributed by atoms with van der Waals surface area (Å²) in [5, 5.41) is 0. The average molecular weight is 176 g/mol. The van der Waals surface area contributed by atoms with E-state index in [9.17, 15) is 0 Å². The Kier molecular flexibility index (Phi) is 2.08. The van der Waals surface area contributed by atoms with Gasteiger partial charge in [0.05, 0.1) is 0 Å². The molecule has 70 valence electrons. The number of pyridine rings is 1. The molecule has 13 heavy (non-hydrogen) atoms. The van der Waals surface area contributed by atoms with Crippen molar-refractivity contribution >= 4 is 0 Å². The molecule has 2 heteroatoms. The SMILES string of the molecule is Cc1ccc(C2CC2C(C)N)cn1. The zero-order chi connectivity index (χ0) is 9.42. The third kappa shape index (κ3) is 1.73. The summed E-state index contributed by atoms with van der Waals surface area (Å²) in [7, 11) is 0. The van der Waals surface area contributed by atoms with Crippen molar-refractivity contribution in [3.8, 4) is 0 Å². The van der Waals surface area contributed by atoms with Gasteiger partial charge in [0, 0.05) is 17.9 Å². The van der Waals surface area contributed by atoms with Crippen molar-refractivity contribution in [3.63, 3.8) is 0 Å². The molecule has 1 aliphatic rings. The first-order valence-electron chi connectivity index (χ1n) is 4.86. The maximum atomic E-state index is 5.83. The summed E-state index contributed by atoms with van der Waals surface area (Å²) in [6.45, 7) is 4.10. The largest absolute Gasteiger partial charge is 0.328 e. The zero-order valence-corrected chi connectivity index (χ0v) is 8.20. The average Bonchev–Trinajstić information content (AvgIpc) is 2.85. The van der Waals surface area contributed by atoms with Crippen LogP contribution in [-0.2, 0) is 0 Å². The molecule has 2 rings (SSSR count). The first kappa shape index (κ1) is 8.70. The molecule has 1 fully saturated rings. The van der Waals surface area contributed by atoms with Crippen molar-refractivity contribution in [2.75, 3.05) is 0 Å². The van der Waals surface area contributed by atoms with Crippen molar-refractivity contribution in [2.45, 2.75) is 32.2 Å². The molecule has 0 radical (unpaired) electrons. The Bertz CT molecular complexity index is 289. The molecule has 3 unspecified atom stereocenters. The van der Waals surface area contributed by atoms with E-state index in [0.29, 0.717) is 17.9 Å². The molecular weight excluding hydrogens is 160 g/mol. The van der Waals surface area contributed by atoms with E-state index in [4.69, 9.17) is 5.73 Å². The van der Waals surface area contributed by atoms with Crippen LogP contribution in [-0.4, -0.2) is 11.0 Å². The number of hydrogen-bond acceptors (Lipinski definition) is 2. The molecule has 0 spiro atoms. The van der Waals surface area contributed by atoms with E-state index in [-0.39, 0.29) is 0 Å². The molecule has 3 atom stereocenters. The Hall–Kier alpha value is -0.890. The van der Waals surface area contributed by atoms with Gasteiger partial charge in [0.2, 0.25) is 0 Å². The normalized spacial score (nSPS) is 28.5. The number of aryl methyl sites for hydroxylation is 1. The van der Waals surface area contributed by atoms with E-state index in [2.05, 4.69) is 24.0 Å². The lowest BCUT2D eigenvalue weighted by atomic mass is 10.1. The van der Waals surface area contributed by atoms with Gasteiger partial charge < -0.3 is 5.73 Å². The first-order chi connectivity index (χ1) is 6.18. The highest BCUT2D eigenvalue weighted by Gasteiger charge is 2.40. The summed E-state index contributed by atoms with van der Waals surface area (Å²) in [6.07, 6.45) is 3.23. The summed E-state index contributed by atoms with van der Waals surface area (Å²) in [4.78, 5) is 4.29. The second-order valence-electron chi connectivity index (χ2n) is 4.10. The van der Waals surface area contributed by atoms with Crippen LogP contribution in [0.1, 0.15) is 30.5 Å². The van der Waals surface area contributed by atoms with Crippen molar-refractivity contribution in [3.05, 3.63) is 29.6 Å². The number of hydrogen-bond donors (Lipinski definition) is 1. The van der Waals surface area contributed by atoms with Crippen LogP contribution >= 0.6 is 0 Å². The fraction of sp³-hybridized carbons (Fsp3) is 0.545. The first-order valence-corrected chi connectivity index (χ1v) is 4.86. The van der Waals surface area contributed by atoms with Gasteiger partial charge in [0.1, 0.15) is 0 Å². The molecule has 1 aromatic rings. The van der Waals surface area contributed by atoms with E-state index >= 15 is 0 Å². The summed E-state index contributed by atoms with van der Waals surface area (Å²) in [6, 6.07) is 4.58. The number of aromatic nitrogens is 1. The molecule has 0 saturated heterocycles. The number of nitrogens with two attached hydrogens (primary N) is 1. The standard InChI is InChI=1S/C11H16N2/c1-7-3-4-9(6-13-7)11-5-10(11)8(2)12/h3-4,6,8,10-11H,5,12H2,1-2H3. The molecule has 1 aromatic heterocycles. The molecule has 1 aliphatic carbocycles. The molecule has 0 amide bonds. The quantitative estimate of drug-likeness (QED) is 0.746. The molecule has 0 aliphatic heterocycles. The van der Waals surface area contributed by atoms with Crippen LogP contribution in [0.4, 0.5) is 0 Å². The van der Waals surface area contributed by atoms with Crippen LogP contribution in [0.25, 0.3) is 0 Å². The van der Waals surface area contributed by atoms with Gasteiger partial charge in [-0.25, -0.2) is 0 Å². The van der Waals surface area contributed by atoms with Gasteiger partial charge >= 0.3 is 0 Å².